The summed E-state index contributed by atoms with van der Waals surface area (Å²) in [6, 6.07) is 5.60. The lowest BCUT2D eigenvalue weighted by Gasteiger charge is -2.17. The van der Waals surface area contributed by atoms with Gasteiger partial charge >= 0.3 is 0 Å². The molecule has 3 rings (SSSR count). The predicted molar refractivity (Wildman–Crippen MR) is 86.3 cm³/mol. The van der Waals surface area contributed by atoms with Crippen molar-refractivity contribution in [1.29, 1.82) is 0 Å². The number of halogens is 1. The molecule has 1 fully saturated rings. The van der Waals surface area contributed by atoms with Crippen molar-refractivity contribution >= 4 is 11.6 Å². The summed E-state index contributed by atoms with van der Waals surface area (Å²) >= 11 is 6.27. The van der Waals surface area contributed by atoms with Gasteiger partial charge in [-0.3, -0.25) is 0 Å². The van der Waals surface area contributed by atoms with Crippen molar-refractivity contribution < 1.29 is 9.26 Å². The number of rotatable bonds is 4. The molecule has 118 valence electrons. The lowest BCUT2D eigenvalue weighted by atomic mass is 9.89. The van der Waals surface area contributed by atoms with E-state index in [1.165, 1.54) is 19.3 Å². The van der Waals surface area contributed by atoms with Crippen LogP contribution in [-0.2, 0) is 0 Å². The van der Waals surface area contributed by atoms with E-state index in [1.807, 2.05) is 32.0 Å². The summed E-state index contributed by atoms with van der Waals surface area (Å²) in [5.74, 6) is 2.44. The zero-order chi connectivity index (χ0) is 15.5. The highest BCUT2D eigenvalue weighted by molar-refractivity contribution is 6.32. The van der Waals surface area contributed by atoms with Gasteiger partial charge in [-0.25, -0.2) is 0 Å². The minimum Gasteiger partial charge on any atom is -0.489 e. The van der Waals surface area contributed by atoms with Crippen molar-refractivity contribution in [2.24, 2.45) is 0 Å². The van der Waals surface area contributed by atoms with E-state index < -0.39 is 0 Å². The van der Waals surface area contributed by atoms with E-state index in [4.69, 9.17) is 20.9 Å². The van der Waals surface area contributed by atoms with Crippen LogP contribution in [0.3, 0.4) is 0 Å². The topological polar surface area (TPSA) is 48.2 Å². The van der Waals surface area contributed by atoms with Crippen LogP contribution in [0.5, 0.6) is 5.75 Å². The van der Waals surface area contributed by atoms with Crippen LogP contribution in [0.15, 0.2) is 22.7 Å². The molecular weight excluding hydrogens is 300 g/mol. The molecule has 0 radical (unpaired) electrons. The molecule has 0 saturated heterocycles. The lowest BCUT2D eigenvalue weighted by molar-refractivity contribution is 0.242. The van der Waals surface area contributed by atoms with E-state index in [0.29, 0.717) is 22.5 Å². The molecule has 5 heteroatoms. The highest BCUT2D eigenvalue weighted by Crippen LogP contribution is 2.34. The average molecular weight is 321 g/mol. The molecule has 0 aliphatic heterocycles. The predicted octanol–water partition coefficient (Wildman–Crippen LogP) is 5.22. The number of ether oxygens (including phenoxy) is 1. The molecule has 0 unspecified atom stereocenters. The first kappa shape index (κ1) is 15.3. The maximum absolute atomic E-state index is 6.27. The Balaban J connectivity index is 1.79. The van der Waals surface area contributed by atoms with Gasteiger partial charge < -0.3 is 9.26 Å². The second-order valence-electron chi connectivity index (χ2n) is 6.10. The van der Waals surface area contributed by atoms with Crippen LogP contribution in [0.2, 0.25) is 5.02 Å². The molecule has 0 bridgehead atoms. The number of nitrogens with zero attached hydrogens (tertiary/aromatic N) is 2. The van der Waals surface area contributed by atoms with E-state index in [2.05, 4.69) is 10.1 Å². The maximum Gasteiger partial charge on any atom is 0.230 e. The molecule has 1 aliphatic carbocycles. The highest BCUT2D eigenvalue weighted by atomic mass is 35.5. The Morgan fingerprint density at radius 3 is 2.68 bits per heavy atom. The van der Waals surface area contributed by atoms with Crippen LogP contribution in [0, 0.1) is 0 Å². The van der Waals surface area contributed by atoms with Crippen molar-refractivity contribution in [1.82, 2.24) is 10.1 Å². The monoisotopic (exact) mass is 320 g/mol. The maximum atomic E-state index is 6.27. The number of benzene rings is 1. The Kier molecular flexibility index (Phi) is 4.67. The van der Waals surface area contributed by atoms with E-state index in [-0.39, 0.29) is 6.10 Å². The van der Waals surface area contributed by atoms with Crippen LogP contribution in [0.1, 0.15) is 57.8 Å². The van der Waals surface area contributed by atoms with Crippen LogP contribution in [0.25, 0.3) is 11.4 Å². The minimum absolute atomic E-state index is 0.0893. The first-order chi connectivity index (χ1) is 10.6. The molecule has 0 N–H and O–H groups in total. The molecule has 22 heavy (non-hydrogen) atoms. The lowest BCUT2D eigenvalue weighted by Crippen LogP contribution is -2.05. The number of aromatic nitrogens is 2. The molecule has 1 heterocycles. The van der Waals surface area contributed by atoms with Gasteiger partial charge in [-0.05, 0) is 44.9 Å². The smallest absolute Gasteiger partial charge is 0.230 e. The van der Waals surface area contributed by atoms with Gasteiger partial charge in [0, 0.05) is 11.5 Å². The normalized spacial score (nSPS) is 16.2. The SMILES string of the molecule is CC(C)Oc1ccc(-c2noc(C3CCCCC3)n2)cc1Cl. The van der Waals surface area contributed by atoms with Crippen molar-refractivity contribution in [3.8, 4) is 17.1 Å². The zero-order valence-electron chi connectivity index (χ0n) is 13.0. The van der Waals surface area contributed by atoms with E-state index in [1.54, 1.807) is 0 Å². The van der Waals surface area contributed by atoms with Crippen LogP contribution in [-0.4, -0.2) is 16.2 Å². The summed E-state index contributed by atoms with van der Waals surface area (Å²) in [4.78, 5) is 4.56. The minimum atomic E-state index is 0.0893. The Labute approximate surface area is 135 Å². The van der Waals surface area contributed by atoms with Gasteiger partial charge in [0.05, 0.1) is 11.1 Å². The summed E-state index contributed by atoms with van der Waals surface area (Å²) in [5, 5.41) is 4.67. The highest BCUT2D eigenvalue weighted by Gasteiger charge is 2.22. The van der Waals surface area contributed by atoms with Gasteiger partial charge in [0.25, 0.3) is 0 Å². The third-order valence-corrected chi connectivity index (χ3v) is 4.24. The van der Waals surface area contributed by atoms with Crippen LogP contribution in [0.4, 0.5) is 0 Å². The van der Waals surface area contributed by atoms with Crippen molar-refractivity contribution in [3.05, 3.63) is 29.1 Å². The fourth-order valence-corrected chi connectivity index (χ4v) is 3.08. The molecule has 4 nitrogen and oxygen atoms in total. The molecular formula is C17H21ClN2O2. The first-order valence-electron chi connectivity index (χ1n) is 7.93. The van der Waals surface area contributed by atoms with Crippen molar-refractivity contribution in [2.75, 3.05) is 0 Å². The quantitative estimate of drug-likeness (QED) is 0.774. The van der Waals surface area contributed by atoms with Gasteiger partial charge in [-0.1, -0.05) is 36.0 Å². The fourth-order valence-electron chi connectivity index (χ4n) is 2.86. The third-order valence-electron chi connectivity index (χ3n) is 3.95. The second-order valence-corrected chi connectivity index (χ2v) is 6.51. The third kappa shape index (κ3) is 3.43. The van der Waals surface area contributed by atoms with Crippen LogP contribution < -0.4 is 4.74 Å². The second kappa shape index (κ2) is 6.69. The van der Waals surface area contributed by atoms with E-state index >= 15 is 0 Å². The van der Waals surface area contributed by atoms with Gasteiger partial charge in [0.2, 0.25) is 11.7 Å². The van der Waals surface area contributed by atoms with Gasteiger partial charge in [0.15, 0.2) is 0 Å². The largest absolute Gasteiger partial charge is 0.489 e. The van der Waals surface area contributed by atoms with Crippen molar-refractivity contribution in [2.45, 2.75) is 58.0 Å². The first-order valence-corrected chi connectivity index (χ1v) is 8.31. The van der Waals surface area contributed by atoms with Crippen LogP contribution >= 0.6 is 11.6 Å². The Bertz CT molecular complexity index is 633. The standard InChI is InChI=1S/C17H21ClN2O2/c1-11(2)21-15-9-8-13(10-14(15)18)16-19-17(22-20-16)12-6-4-3-5-7-12/h8-12H,3-7H2,1-2H3. The molecule has 2 aromatic rings. The zero-order valence-corrected chi connectivity index (χ0v) is 13.8. The van der Waals surface area contributed by atoms with E-state index in [0.717, 1.165) is 24.3 Å². The molecule has 1 aromatic carbocycles. The molecule has 0 atom stereocenters. The average Bonchev–Trinajstić information content (AvgIpc) is 3.00. The summed E-state index contributed by atoms with van der Waals surface area (Å²) in [6.45, 7) is 3.94. The summed E-state index contributed by atoms with van der Waals surface area (Å²) in [7, 11) is 0. The number of hydrogen-bond donors (Lipinski definition) is 0. The molecule has 1 saturated carbocycles. The molecule has 1 aliphatic rings. The Hall–Kier alpha value is -1.55. The number of hydrogen-bond acceptors (Lipinski definition) is 4. The Morgan fingerprint density at radius 2 is 2.00 bits per heavy atom. The van der Waals surface area contributed by atoms with Crippen molar-refractivity contribution in [3.63, 3.8) is 0 Å². The van der Waals surface area contributed by atoms with Gasteiger partial charge in [-0.15, -0.1) is 0 Å². The molecule has 1 aromatic heterocycles. The Morgan fingerprint density at radius 1 is 1.23 bits per heavy atom. The molecule has 0 spiro atoms. The fraction of sp³-hybridized carbons (Fsp3) is 0.529. The van der Waals surface area contributed by atoms with Gasteiger partial charge in [0.1, 0.15) is 5.75 Å². The summed E-state index contributed by atoms with van der Waals surface area (Å²) in [6.07, 6.45) is 6.18. The molecule has 0 amide bonds. The summed E-state index contributed by atoms with van der Waals surface area (Å²) < 4.78 is 11.1. The van der Waals surface area contributed by atoms with Gasteiger partial charge in [-0.2, -0.15) is 4.98 Å². The van der Waals surface area contributed by atoms with E-state index in [9.17, 15) is 0 Å². The summed E-state index contributed by atoms with van der Waals surface area (Å²) in [5.41, 5.74) is 0.854.